The van der Waals surface area contributed by atoms with E-state index in [1.807, 2.05) is 0 Å². The van der Waals surface area contributed by atoms with Gasteiger partial charge in [0.05, 0.1) is 31.4 Å². The first-order valence-electron chi connectivity index (χ1n) is 4.36. The molecule has 0 unspecified atom stereocenters. The van der Waals surface area contributed by atoms with Gasteiger partial charge in [-0.15, -0.1) is 11.3 Å². The summed E-state index contributed by atoms with van der Waals surface area (Å²) in [6.45, 7) is -0.580. The second kappa shape index (κ2) is 5.64. The van der Waals surface area contributed by atoms with Gasteiger partial charge in [-0.3, -0.25) is 4.79 Å². The first-order valence-corrected chi connectivity index (χ1v) is 5.24. The van der Waals surface area contributed by atoms with Crippen molar-refractivity contribution in [2.75, 3.05) is 18.9 Å². The van der Waals surface area contributed by atoms with Crippen LogP contribution in [0.5, 0.6) is 0 Å². The van der Waals surface area contributed by atoms with Crippen LogP contribution in [-0.4, -0.2) is 40.4 Å². The lowest BCUT2D eigenvalue weighted by Crippen LogP contribution is -2.40. The van der Waals surface area contributed by atoms with Crippen molar-refractivity contribution < 1.29 is 15.0 Å². The zero-order valence-corrected chi connectivity index (χ0v) is 8.83. The Morgan fingerprint density at radius 3 is 2.73 bits per heavy atom. The largest absolute Gasteiger partial charge is 0.394 e. The van der Waals surface area contributed by atoms with Gasteiger partial charge in [0, 0.05) is 5.38 Å². The lowest BCUT2D eigenvalue weighted by molar-refractivity contribution is -0.121. The third-order valence-electron chi connectivity index (χ3n) is 1.72. The summed E-state index contributed by atoms with van der Waals surface area (Å²) in [6.07, 6.45) is 0.101. The minimum atomic E-state index is -0.617. The molecule has 1 heterocycles. The predicted molar refractivity (Wildman–Crippen MR) is 56.3 cm³/mol. The number of hydrogen-bond donors (Lipinski definition) is 4. The summed E-state index contributed by atoms with van der Waals surface area (Å²) in [5, 5.41) is 22.0. The van der Waals surface area contributed by atoms with Crippen LogP contribution >= 0.6 is 11.3 Å². The number of carbonyl (C=O) groups excluding carboxylic acids is 1. The lowest BCUT2D eigenvalue weighted by atomic mass is 10.3. The summed E-state index contributed by atoms with van der Waals surface area (Å²) in [6, 6.07) is -0.617. The highest BCUT2D eigenvalue weighted by Gasteiger charge is 2.11. The maximum absolute atomic E-state index is 11.3. The molecule has 5 N–H and O–H groups in total. The number of nitrogen functional groups attached to an aromatic ring is 1. The molecule has 15 heavy (non-hydrogen) atoms. The van der Waals surface area contributed by atoms with E-state index in [0.29, 0.717) is 10.8 Å². The standard InChI is InChI=1S/C8H13N3O3S/c9-8-11-5(4-15-8)1-7(14)10-6(2-12)3-13/h4,6,12-13H,1-3H2,(H2,9,11)(H,10,14). The van der Waals surface area contributed by atoms with Crippen molar-refractivity contribution in [1.82, 2.24) is 10.3 Å². The first kappa shape index (κ1) is 11.9. The Morgan fingerprint density at radius 2 is 2.27 bits per heavy atom. The molecule has 0 aliphatic rings. The number of nitrogens with two attached hydrogens (primary N) is 1. The van der Waals surface area contributed by atoms with Crippen LogP contribution in [0, 0.1) is 0 Å². The van der Waals surface area contributed by atoms with Crippen molar-refractivity contribution in [3.63, 3.8) is 0 Å². The molecular formula is C8H13N3O3S. The van der Waals surface area contributed by atoms with E-state index in [0.717, 1.165) is 0 Å². The van der Waals surface area contributed by atoms with Gasteiger partial charge in [-0.25, -0.2) is 4.98 Å². The van der Waals surface area contributed by atoms with Gasteiger partial charge < -0.3 is 21.3 Å². The van der Waals surface area contributed by atoms with Crippen molar-refractivity contribution in [2.45, 2.75) is 12.5 Å². The van der Waals surface area contributed by atoms with E-state index in [1.165, 1.54) is 11.3 Å². The summed E-state index contributed by atoms with van der Waals surface area (Å²) in [5.41, 5.74) is 5.99. The van der Waals surface area contributed by atoms with Crippen LogP contribution < -0.4 is 11.1 Å². The molecule has 0 fully saturated rings. The second-order valence-corrected chi connectivity index (χ2v) is 3.87. The van der Waals surface area contributed by atoms with E-state index in [-0.39, 0.29) is 25.5 Å². The van der Waals surface area contributed by atoms with E-state index >= 15 is 0 Å². The molecule has 0 aromatic carbocycles. The minimum absolute atomic E-state index is 0.101. The molecular weight excluding hydrogens is 218 g/mol. The van der Waals surface area contributed by atoms with Crippen molar-refractivity contribution in [3.8, 4) is 0 Å². The fraction of sp³-hybridized carbons (Fsp3) is 0.500. The highest BCUT2D eigenvalue weighted by atomic mass is 32.1. The number of anilines is 1. The molecule has 0 saturated heterocycles. The molecule has 0 spiro atoms. The molecule has 0 saturated carbocycles. The number of carbonyl (C=O) groups is 1. The second-order valence-electron chi connectivity index (χ2n) is 2.98. The molecule has 0 aliphatic heterocycles. The number of amides is 1. The topological polar surface area (TPSA) is 108 Å². The number of thiazole rings is 1. The van der Waals surface area contributed by atoms with E-state index in [2.05, 4.69) is 10.3 Å². The monoisotopic (exact) mass is 231 g/mol. The summed E-state index contributed by atoms with van der Waals surface area (Å²) >= 11 is 1.26. The van der Waals surface area contributed by atoms with Crippen LogP contribution in [0.1, 0.15) is 5.69 Å². The molecule has 0 aliphatic carbocycles. The summed E-state index contributed by atoms with van der Waals surface area (Å²) in [7, 11) is 0. The summed E-state index contributed by atoms with van der Waals surface area (Å²) in [4.78, 5) is 15.3. The highest BCUT2D eigenvalue weighted by Crippen LogP contribution is 2.11. The first-order chi connectivity index (χ1) is 7.15. The number of nitrogens with one attached hydrogen (secondary N) is 1. The van der Waals surface area contributed by atoms with Crippen molar-refractivity contribution in [2.24, 2.45) is 0 Å². The van der Waals surface area contributed by atoms with Crippen LogP contribution in [0.25, 0.3) is 0 Å². The van der Waals surface area contributed by atoms with Gasteiger partial charge in [-0.05, 0) is 0 Å². The van der Waals surface area contributed by atoms with Gasteiger partial charge in [0.25, 0.3) is 0 Å². The number of aromatic nitrogens is 1. The molecule has 7 heteroatoms. The number of nitrogens with zero attached hydrogens (tertiary/aromatic N) is 1. The van der Waals surface area contributed by atoms with Gasteiger partial charge in [0.2, 0.25) is 5.91 Å². The smallest absolute Gasteiger partial charge is 0.226 e. The summed E-state index contributed by atoms with van der Waals surface area (Å²) in [5.74, 6) is -0.298. The maximum Gasteiger partial charge on any atom is 0.226 e. The van der Waals surface area contributed by atoms with Crippen molar-refractivity contribution >= 4 is 22.4 Å². The summed E-state index contributed by atoms with van der Waals surface area (Å²) < 4.78 is 0. The fourth-order valence-corrected chi connectivity index (χ4v) is 1.56. The maximum atomic E-state index is 11.3. The Kier molecular flexibility index (Phi) is 4.47. The zero-order valence-electron chi connectivity index (χ0n) is 8.01. The number of aliphatic hydroxyl groups excluding tert-OH is 2. The molecule has 0 bridgehead atoms. The van der Waals surface area contributed by atoms with E-state index in [4.69, 9.17) is 15.9 Å². The lowest BCUT2D eigenvalue weighted by Gasteiger charge is -2.12. The average molecular weight is 231 g/mol. The zero-order chi connectivity index (χ0) is 11.3. The van der Waals surface area contributed by atoms with Crippen LogP contribution in [0.4, 0.5) is 5.13 Å². The van der Waals surface area contributed by atoms with Crippen LogP contribution in [0.15, 0.2) is 5.38 Å². The van der Waals surface area contributed by atoms with E-state index in [1.54, 1.807) is 5.38 Å². The van der Waals surface area contributed by atoms with Crippen LogP contribution in [0.2, 0.25) is 0 Å². The molecule has 1 rings (SSSR count). The number of hydrogen-bond acceptors (Lipinski definition) is 6. The van der Waals surface area contributed by atoms with Crippen molar-refractivity contribution in [1.29, 1.82) is 0 Å². The molecule has 6 nitrogen and oxygen atoms in total. The Morgan fingerprint density at radius 1 is 1.60 bits per heavy atom. The fourth-order valence-electron chi connectivity index (χ4n) is 0.996. The highest BCUT2D eigenvalue weighted by molar-refractivity contribution is 7.13. The minimum Gasteiger partial charge on any atom is -0.394 e. The predicted octanol–water partition coefficient (Wildman–Crippen LogP) is -1.26. The van der Waals surface area contributed by atoms with Gasteiger partial charge in [-0.2, -0.15) is 0 Å². The third kappa shape index (κ3) is 3.82. The molecule has 0 radical (unpaired) electrons. The van der Waals surface area contributed by atoms with Crippen molar-refractivity contribution in [3.05, 3.63) is 11.1 Å². The quantitative estimate of drug-likeness (QED) is 0.505. The Bertz CT molecular complexity index is 325. The van der Waals surface area contributed by atoms with Crippen LogP contribution in [0.3, 0.4) is 0 Å². The molecule has 1 amide bonds. The molecule has 0 atom stereocenters. The number of aliphatic hydroxyl groups is 2. The molecule has 1 aromatic rings. The Balaban J connectivity index is 2.42. The third-order valence-corrected chi connectivity index (χ3v) is 2.44. The Hall–Kier alpha value is -1.18. The SMILES string of the molecule is Nc1nc(CC(=O)NC(CO)CO)cs1. The number of rotatable bonds is 5. The van der Waals surface area contributed by atoms with E-state index < -0.39 is 6.04 Å². The van der Waals surface area contributed by atoms with Gasteiger partial charge in [-0.1, -0.05) is 0 Å². The molecule has 84 valence electrons. The van der Waals surface area contributed by atoms with Crippen LogP contribution in [-0.2, 0) is 11.2 Å². The Labute approximate surface area is 90.8 Å². The van der Waals surface area contributed by atoms with Gasteiger partial charge in [0.1, 0.15) is 0 Å². The van der Waals surface area contributed by atoms with Gasteiger partial charge in [0.15, 0.2) is 5.13 Å². The normalized spacial score (nSPS) is 10.6. The average Bonchev–Trinajstić information content (AvgIpc) is 2.60. The van der Waals surface area contributed by atoms with Gasteiger partial charge >= 0.3 is 0 Å². The molecule has 1 aromatic heterocycles. The van der Waals surface area contributed by atoms with E-state index in [9.17, 15) is 4.79 Å².